The molecule has 4 aromatic rings. The standard InChI is InChI=1S/C17H15F3N8/c18-17(19,20)13-9-28-8-11(1-2-14(28)24-13)26-3-5-27(6-4-26)16-12-7-23-25-15(12)21-10-22-16/h1-2,7-10H,3-6H2,(H,21,22,23,25). The molecule has 1 fully saturated rings. The molecule has 4 aromatic heterocycles. The van der Waals surface area contributed by atoms with E-state index in [2.05, 4.69) is 34.9 Å². The highest BCUT2D eigenvalue weighted by Crippen LogP contribution is 2.29. The lowest BCUT2D eigenvalue weighted by molar-refractivity contribution is -0.140. The van der Waals surface area contributed by atoms with E-state index < -0.39 is 11.9 Å². The number of piperazine rings is 1. The van der Waals surface area contributed by atoms with Crippen LogP contribution < -0.4 is 9.80 Å². The van der Waals surface area contributed by atoms with Crippen LogP contribution in [0, 0.1) is 0 Å². The van der Waals surface area contributed by atoms with Gasteiger partial charge >= 0.3 is 6.18 Å². The van der Waals surface area contributed by atoms with E-state index in [4.69, 9.17) is 0 Å². The molecule has 28 heavy (non-hydrogen) atoms. The summed E-state index contributed by atoms with van der Waals surface area (Å²) >= 11 is 0. The second-order valence-corrected chi connectivity index (χ2v) is 6.58. The molecule has 0 amide bonds. The molecule has 0 spiro atoms. The van der Waals surface area contributed by atoms with Gasteiger partial charge in [-0.15, -0.1) is 0 Å². The summed E-state index contributed by atoms with van der Waals surface area (Å²) < 4.78 is 40.0. The Hall–Kier alpha value is -3.37. The summed E-state index contributed by atoms with van der Waals surface area (Å²) in [5.41, 5.74) is 0.938. The predicted octanol–water partition coefficient (Wildman–Crippen LogP) is 2.35. The molecule has 144 valence electrons. The summed E-state index contributed by atoms with van der Waals surface area (Å²) in [5, 5.41) is 7.72. The van der Waals surface area contributed by atoms with Gasteiger partial charge < -0.3 is 14.2 Å². The average Bonchev–Trinajstić information content (AvgIpc) is 3.34. The van der Waals surface area contributed by atoms with E-state index >= 15 is 0 Å². The first-order valence-corrected chi connectivity index (χ1v) is 8.69. The number of fused-ring (bicyclic) bond motifs is 2. The number of aromatic amines is 1. The second kappa shape index (κ2) is 6.08. The van der Waals surface area contributed by atoms with Crippen LogP contribution in [0.25, 0.3) is 16.7 Å². The third kappa shape index (κ3) is 2.79. The van der Waals surface area contributed by atoms with Crippen LogP contribution in [0.3, 0.4) is 0 Å². The van der Waals surface area contributed by atoms with Crippen LogP contribution in [0.4, 0.5) is 24.7 Å². The molecule has 0 atom stereocenters. The number of imidazole rings is 1. The molecule has 0 saturated carbocycles. The molecule has 0 radical (unpaired) electrons. The Morgan fingerprint density at radius 2 is 1.75 bits per heavy atom. The third-order valence-corrected chi connectivity index (χ3v) is 4.90. The van der Waals surface area contributed by atoms with Crippen molar-refractivity contribution < 1.29 is 13.2 Å². The number of rotatable bonds is 2. The zero-order valence-corrected chi connectivity index (χ0v) is 14.6. The molecule has 1 saturated heterocycles. The highest BCUT2D eigenvalue weighted by atomic mass is 19.4. The number of anilines is 2. The van der Waals surface area contributed by atoms with Gasteiger partial charge in [0.05, 0.1) is 17.3 Å². The number of hydrogen-bond donors (Lipinski definition) is 1. The van der Waals surface area contributed by atoms with Crippen LogP contribution in [0.1, 0.15) is 5.69 Å². The highest BCUT2D eigenvalue weighted by molar-refractivity contribution is 5.86. The van der Waals surface area contributed by atoms with Crippen molar-refractivity contribution >= 4 is 28.2 Å². The first-order chi connectivity index (χ1) is 13.5. The molecule has 1 aliphatic heterocycles. The van der Waals surface area contributed by atoms with Gasteiger partial charge in [0.15, 0.2) is 11.3 Å². The van der Waals surface area contributed by atoms with E-state index in [1.54, 1.807) is 24.5 Å². The lowest BCUT2D eigenvalue weighted by Crippen LogP contribution is -2.47. The number of halogens is 3. The van der Waals surface area contributed by atoms with Crippen LogP contribution in [0.2, 0.25) is 0 Å². The maximum Gasteiger partial charge on any atom is 0.434 e. The number of H-pyrrole nitrogens is 1. The summed E-state index contributed by atoms with van der Waals surface area (Å²) in [6, 6.07) is 3.41. The molecule has 5 heterocycles. The first-order valence-electron chi connectivity index (χ1n) is 8.69. The van der Waals surface area contributed by atoms with Gasteiger partial charge in [-0.1, -0.05) is 0 Å². The van der Waals surface area contributed by atoms with E-state index in [1.165, 1.54) is 10.7 Å². The number of nitrogens with zero attached hydrogens (tertiary/aromatic N) is 7. The van der Waals surface area contributed by atoms with Gasteiger partial charge in [-0.25, -0.2) is 15.0 Å². The van der Waals surface area contributed by atoms with Gasteiger partial charge in [-0.05, 0) is 12.1 Å². The van der Waals surface area contributed by atoms with Crippen molar-refractivity contribution in [2.75, 3.05) is 36.0 Å². The van der Waals surface area contributed by atoms with Crippen LogP contribution >= 0.6 is 0 Å². The molecule has 1 aliphatic rings. The van der Waals surface area contributed by atoms with Gasteiger partial charge in [-0.2, -0.15) is 18.3 Å². The largest absolute Gasteiger partial charge is 0.434 e. The Kier molecular flexibility index (Phi) is 3.64. The lowest BCUT2D eigenvalue weighted by Gasteiger charge is -2.36. The second-order valence-electron chi connectivity index (χ2n) is 6.58. The van der Waals surface area contributed by atoms with Gasteiger partial charge in [0.25, 0.3) is 0 Å². The number of pyridine rings is 1. The minimum atomic E-state index is -4.45. The highest BCUT2D eigenvalue weighted by Gasteiger charge is 2.34. The van der Waals surface area contributed by atoms with Crippen LogP contribution in [0.5, 0.6) is 0 Å². The molecule has 1 N–H and O–H groups in total. The normalized spacial score (nSPS) is 15.7. The summed E-state index contributed by atoms with van der Waals surface area (Å²) in [4.78, 5) is 16.5. The molecule has 8 nitrogen and oxygen atoms in total. The quantitative estimate of drug-likeness (QED) is 0.568. The molecule has 0 bridgehead atoms. The minimum absolute atomic E-state index is 0.276. The summed E-state index contributed by atoms with van der Waals surface area (Å²) in [5.74, 6) is 0.832. The summed E-state index contributed by atoms with van der Waals surface area (Å²) in [6.07, 6.45) is 1.47. The molecule has 0 aromatic carbocycles. The van der Waals surface area contributed by atoms with Crippen molar-refractivity contribution in [1.29, 1.82) is 0 Å². The Bertz CT molecular complexity index is 1140. The van der Waals surface area contributed by atoms with Gasteiger partial charge in [0, 0.05) is 38.6 Å². The Morgan fingerprint density at radius 1 is 0.964 bits per heavy atom. The topological polar surface area (TPSA) is 78.2 Å². The third-order valence-electron chi connectivity index (χ3n) is 4.90. The van der Waals surface area contributed by atoms with Gasteiger partial charge in [0.2, 0.25) is 0 Å². The van der Waals surface area contributed by atoms with Crippen molar-refractivity contribution in [3.8, 4) is 0 Å². The fourth-order valence-corrected chi connectivity index (χ4v) is 3.48. The van der Waals surface area contributed by atoms with Crippen LogP contribution in [0.15, 0.2) is 37.1 Å². The van der Waals surface area contributed by atoms with E-state index in [-0.39, 0.29) is 5.65 Å². The van der Waals surface area contributed by atoms with Gasteiger partial charge in [0.1, 0.15) is 17.8 Å². The monoisotopic (exact) mass is 388 g/mol. The molecular formula is C17H15F3N8. The summed E-state index contributed by atoms with van der Waals surface area (Å²) in [7, 11) is 0. The van der Waals surface area contributed by atoms with Crippen LogP contribution in [-0.4, -0.2) is 55.7 Å². The van der Waals surface area contributed by atoms with Crippen molar-refractivity contribution in [3.05, 3.63) is 42.7 Å². The van der Waals surface area contributed by atoms with Crippen LogP contribution in [-0.2, 0) is 6.18 Å². The average molecular weight is 388 g/mol. The Balaban J connectivity index is 1.36. The molecular weight excluding hydrogens is 373 g/mol. The van der Waals surface area contributed by atoms with Crippen molar-refractivity contribution in [3.63, 3.8) is 0 Å². The Morgan fingerprint density at radius 3 is 2.54 bits per heavy atom. The van der Waals surface area contributed by atoms with Crippen molar-refractivity contribution in [2.24, 2.45) is 0 Å². The number of aromatic nitrogens is 6. The van der Waals surface area contributed by atoms with Gasteiger partial charge in [-0.3, -0.25) is 5.10 Å². The first kappa shape index (κ1) is 16.8. The maximum absolute atomic E-state index is 12.9. The van der Waals surface area contributed by atoms with E-state index in [0.29, 0.717) is 5.65 Å². The molecule has 0 unspecified atom stereocenters. The Labute approximate surface area is 156 Å². The smallest absolute Gasteiger partial charge is 0.367 e. The molecule has 0 aliphatic carbocycles. The lowest BCUT2D eigenvalue weighted by atomic mass is 10.2. The SMILES string of the molecule is FC(F)(F)c1cn2cc(N3CCN(c4ncnc5[nH]ncc45)CC3)ccc2n1. The summed E-state index contributed by atoms with van der Waals surface area (Å²) in [6.45, 7) is 2.89. The van der Waals surface area contributed by atoms with E-state index in [0.717, 1.165) is 49.3 Å². The van der Waals surface area contributed by atoms with E-state index in [1.807, 2.05) is 0 Å². The zero-order chi connectivity index (χ0) is 19.3. The minimum Gasteiger partial charge on any atom is -0.367 e. The fraction of sp³-hybridized carbons (Fsp3) is 0.294. The van der Waals surface area contributed by atoms with Crippen molar-refractivity contribution in [2.45, 2.75) is 6.18 Å². The fourth-order valence-electron chi connectivity index (χ4n) is 3.48. The maximum atomic E-state index is 12.9. The zero-order valence-electron chi connectivity index (χ0n) is 14.6. The van der Waals surface area contributed by atoms with E-state index in [9.17, 15) is 13.2 Å². The number of hydrogen-bond acceptors (Lipinski definition) is 6. The number of nitrogens with one attached hydrogen (secondary N) is 1. The van der Waals surface area contributed by atoms with Crippen molar-refractivity contribution in [1.82, 2.24) is 29.5 Å². The molecule has 5 rings (SSSR count). The predicted molar refractivity (Wildman–Crippen MR) is 96.3 cm³/mol. The number of alkyl halides is 3. The molecule has 11 heteroatoms.